The number of rotatable bonds is 6. The van der Waals surface area contributed by atoms with Gasteiger partial charge in [0.15, 0.2) is 0 Å². The Hall–Kier alpha value is -0.770. The number of hydrogen-bond donors (Lipinski definition) is 0. The van der Waals surface area contributed by atoms with Gasteiger partial charge in [-0.2, -0.15) is 0 Å². The highest BCUT2D eigenvalue weighted by Gasteiger charge is 2.11. The van der Waals surface area contributed by atoms with Crippen LogP contribution in [0.5, 0.6) is 0 Å². The predicted octanol–water partition coefficient (Wildman–Crippen LogP) is 1.81. The smallest absolute Gasteiger partial charge is 0.409 e. The van der Waals surface area contributed by atoms with Crippen molar-refractivity contribution < 1.29 is 9.53 Å². The number of carbonyl (C=O) groups is 1. The van der Waals surface area contributed by atoms with Crippen LogP contribution in [0.4, 0.5) is 4.79 Å². The summed E-state index contributed by atoms with van der Waals surface area (Å²) in [5.74, 6) is 0. The fourth-order valence-corrected chi connectivity index (χ4v) is 1.15. The Labute approximate surface area is 93.2 Å². The molecule has 0 N–H and O–H groups in total. The van der Waals surface area contributed by atoms with Gasteiger partial charge in [-0.25, -0.2) is 4.79 Å². The summed E-state index contributed by atoms with van der Waals surface area (Å²) in [5, 5.41) is 0. The van der Waals surface area contributed by atoms with Gasteiger partial charge in [0.2, 0.25) is 0 Å². The summed E-state index contributed by atoms with van der Waals surface area (Å²) in [6.45, 7) is 7.93. The minimum absolute atomic E-state index is 0.203. The molecule has 0 aromatic carbocycles. The summed E-state index contributed by atoms with van der Waals surface area (Å²) in [5.41, 5.74) is 0. The highest BCUT2D eigenvalue weighted by atomic mass is 16.6. The quantitative estimate of drug-likeness (QED) is 0.679. The minimum Gasteiger partial charge on any atom is -0.449 e. The second-order valence-electron chi connectivity index (χ2n) is 3.89. The summed E-state index contributed by atoms with van der Waals surface area (Å²) < 4.78 is 5.17. The summed E-state index contributed by atoms with van der Waals surface area (Å²) >= 11 is 0. The van der Waals surface area contributed by atoms with Gasteiger partial charge in [-0.1, -0.05) is 0 Å². The number of carbonyl (C=O) groups excluding carboxylic acids is 1. The van der Waals surface area contributed by atoms with Crippen molar-refractivity contribution in [3.05, 3.63) is 0 Å². The molecule has 90 valence electrons. The van der Waals surface area contributed by atoms with Crippen LogP contribution in [-0.4, -0.2) is 55.7 Å². The van der Waals surface area contributed by atoms with Crippen molar-refractivity contribution in [1.29, 1.82) is 0 Å². The topological polar surface area (TPSA) is 32.8 Å². The van der Waals surface area contributed by atoms with E-state index in [9.17, 15) is 4.79 Å². The maximum Gasteiger partial charge on any atom is 0.409 e. The molecule has 0 rings (SSSR count). The van der Waals surface area contributed by atoms with E-state index in [1.807, 2.05) is 27.9 Å². The molecular formula is C11H24N2O2. The van der Waals surface area contributed by atoms with Crippen molar-refractivity contribution >= 4 is 6.09 Å². The number of amides is 1. The second-order valence-corrected chi connectivity index (χ2v) is 3.89. The molecule has 0 spiro atoms. The summed E-state index contributed by atoms with van der Waals surface area (Å²) in [4.78, 5) is 15.2. The molecule has 0 aromatic rings. The van der Waals surface area contributed by atoms with E-state index in [-0.39, 0.29) is 6.09 Å². The zero-order valence-corrected chi connectivity index (χ0v) is 10.6. The van der Waals surface area contributed by atoms with Crippen LogP contribution in [0, 0.1) is 0 Å². The van der Waals surface area contributed by atoms with Crippen molar-refractivity contribution in [2.45, 2.75) is 33.2 Å². The van der Waals surface area contributed by atoms with Gasteiger partial charge >= 0.3 is 6.09 Å². The third-order valence-corrected chi connectivity index (χ3v) is 2.66. The van der Waals surface area contributed by atoms with Crippen LogP contribution in [0.1, 0.15) is 27.2 Å². The molecule has 0 fully saturated rings. The molecule has 4 nitrogen and oxygen atoms in total. The van der Waals surface area contributed by atoms with Crippen LogP contribution >= 0.6 is 0 Å². The Morgan fingerprint density at radius 2 is 1.80 bits per heavy atom. The molecule has 0 bridgehead atoms. The van der Waals surface area contributed by atoms with Gasteiger partial charge in [-0.05, 0) is 41.3 Å². The Bertz CT molecular complexity index is 179. The lowest BCUT2D eigenvalue weighted by atomic mass is 10.2. The molecule has 1 unspecified atom stereocenters. The largest absolute Gasteiger partial charge is 0.449 e. The van der Waals surface area contributed by atoms with E-state index in [2.05, 4.69) is 11.8 Å². The standard InChI is InChI=1S/C11H24N2O2/c1-6-13(7-2)11(14)15-9-8-10(3)12(4)5/h10H,6-9H2,1-5H3. The first kappa shape index (κ1) is 14.2. The van der Waals surface area contributed by atoms with Gasteiger partial charge < -0.3 is 14.5 Å². The van der Waals surface area contributed by atoms with Gasteiger partial charge in [0, 0.05) is 19.1 Å². The Kier molecular flexibility index (Phi) is 7.13. The molecule has 0 saturated heterocycles. The van der Waals surface area contributed by atoms with E-state index in [4.69, 9.17) is 4.74 Å². The average Bonchev–Trinajstić information content (AvgIpc) is 2.19. The first-order valence-corrected chi connectivity index (χ1v) is 5.61. The molecule has 0 saturated carbocycles. The van der Waals surface area contributed by atoms with Gasteiger partial charge in [0.05, 0.1) is 6.61 Å². The maximum atomic E-state index is 11.4. The molecule has 1 atom stereocenters. The Morgan fingerprint density at radius 1 is 1.27 bits per heavy atom. The summed E-state index contributed by atoms with van der Waals surface area (Å²) in [6.07, 6.45) is 0.672. The molecule has 0 aliphatic rings. The monoisotopic (exact) mass is 216 g/mol. The van der Waals surface area contributed by atoms with E-state index < -0.39 is 0 Å². The normalized spacial score (nSPS) is 12.7. The molecule has 0 aliphatic heterocycles. The molecule has 0 aromatic heterocycles. The molecule has 0 aliphatic carbocycles. The van der Waals surface area contributed by atoms with Gasteiger partial charge in [0.25, 0.3) is 0 Å². The third kappa shape index (κ3) is 5.62. The number of ether oxygens (including phenoxy) is 1. The number of nitrogens with zero attached hydrogens (tertiary/aromatic N) is 2. The molecule has 0 radical (unpaired) electrons. The van der Waals surface area contributed by atoms with Crippen LogP contribution in [0.15, 0.2) is 0 Å². The lowest BCUT2D eigenvalue weighted by Gasteiger charge is -2.21. The summed E-state index contributed by atoms with van der Waals surface area (Å²) in [6, 6.07) is 0.439. The average molecular weight is 216 g/mol. The van der Waals surface area contributed by atoms with Crippen LogP contribution in [0.3, 0.4) is 0 Å². The minimum atomic E-state index is -0.203. The fourth-order valence-electron chi connectivity index (χ4n) is 1.15. The van der Waals surface area contributed by atoms with Crippen LogP contribution in [-0.2, 0) is 4.74 Å². The van der Waals surface area contributed by atoms with E-state index in [1.165, 1.54) is 0 Å². The molecule has 15 heavy (non-hydrogen) atoms. The van der Waals surface area contributed by atoms with E-state index >= 15 is 0 Å². The second kappa shape index (κ2) is 7.51. The van der Waals surface area contributed by atoms with Gasteiger partial charge in [-0.3, -0.25) is 0 Å². The zero-order chi connectivity index (χ0) is 11.8. The van der Waals surface area contributed by atoms with Crippen LogP contribution < -0.4 is 0 Å². The lowest BCUT2D eigenvalue weighted by Crippen LogP contribution is -2.32. The molecule has 1 amide bonds. The van der Waals surface area contributed by atoms with Crippen LogP contribution in [0.2, 0.25) is 0 Å². The van der Waals surface area contributed by atoms with Crippen molar-refractivity contribution in [2.75, 3.05) is 33.8 Å². The van der Waals surface area contributed by atoms with Crippen molar-refractivity contribution in [2.24, 2.45) is 0 Å². The Morgan fingerprint density at radius 3 is 2.20 bits per heavy atom. The third-order valence-electron chi connectivity index (χ3n) is 2.66. The highest BCUT2D eigenvalue weighted by molar-refractivity contribution is 5.67. The fraction of sp³-hybridized carbons (Fsp3) is 0.909. The molecular weight excluding hydrogens is 192 g/mol. The van der Waals surface area contributed by atoms with Crippen molar-refractivity contribution in [1.82, 2.24) is 9.80 Å². The van der Waals surface area contributed by atoms with E-state index in [1.54, 1.807) is 4.90 Å². The predicted molar refractivity (Wildman–Crippen MR) is 62.0 cm³/mol. The van der Waals surface area contributed by atoms with Gasteiger partial charge in [-0.15, -0.1) is 0 Å². The molecule has 4 heteroatoms. The maximum absolute atomic E-state index is 11.4. The highest BCUT2D eigenvalue weighted by Crippen LogP contribution is 2.00. The summed E-state index contributed by atoms with van der Waals surface area (Å²) in [7, 11) is 4.05. The Balaban J connectivity index is 3.71. The lowest BCUT2D eigenvalue weighted by molar-refractivity contribution is 0.0978. The van der Waals surface area contributed by atoms with Crippen molar-refractivity contribution in [3.8, 4) is 0 Å². The van der Waals surface area contributed by atoms with Crippen molar-refractivity contribution in [3.63, 3.8) is 0 Å². The first-order chi connectivity index (χ1) is 7.02. The number of hydrogen-bond acceptors (Lipinski definition) is 3. The zero-order valence-electron chi connectivity index (χ0n) is 10.6. The van der Waals surface area contributed by atoms with E-state index in [0.29, 0.717) is 25.7 Å². The SMILES string of the molecule is CCN(CC)C(=O)OCCC(C)N(C)C. The molecule has 0 heterocycles. The van der Waals surface area contributed by atoms with Gasteiger partial charge in [0.1, 0.15) is 0 Å². The first-order valence-electron chi connectivity index (χ1n) is 5.61. The van der Waals surface area contributed by atoms with Crippen LogP contribution in [0.25, 0.3) is 0 Å². The van der Waals surface area contributed by atoms with E-state index in [0.717, 1.165) is 6.42 Å².